The van der Waals surface area contributed by atoms with Crippen LogP contribution in [0.15, 0.2) is 0 Å². The third-order valence-corrected chi connectivity index (χ3v) is 0.851. The van der Waals surface area contributed by atoms with Gasteiger partial charge in [-0.3, -0.25) is 5.43 Å². The van der Waals surface area contributed by atoms with Crippen LogP contribution in [0.4, 0.5) is 4.79 Å². The van der Waals surface area contributed by atoms with E-state index < -0.39 is 6.09 Å². The molecule has 3 N–H and O–H groups in total. The molecular formula is C5H12N2O2. The van der Waals surface area contributed by atoms with Crippen molar-refractivity contribution in [1.29, 1.82) is 0 Å². The summed E-state index contributed by atoms with van der Waals surface area (Å²) in [4.78, 5) is 9.79. The minimum Gasteiger partial charge on any atom is -0.464 e. The molecule has 9 heavy (non-hydrogen) atoms. The predicted molar refractivity (Wildman–Crippen MR) is 34.1 cm³/mol. The summed E-state index contributed by atoms with van der Waals surface area (Å²) < 4.78 is 0. The molecule has 0 radical (unpaired) electrons. The van der Waals surface area contributed by atoms with Crippen LogP contribution in [-0.2, 0) is 0 Å². The van der Waals surface area contributed by atoms with E-state index >= 15 is 0 Å². The van der Waals surface area contributed by atoms with Gasteiger partial charge in [-0.25, -0.2) is 10.2 Å². The highest BCUT2D eigenvalue weighted by molar-refractivity contribution is 5.63. The van der Waals surface area contributed by atoms with E-state index in [1.165, 1.54) is 0 Å². The predicted octanol–water partition coefficient (Wildman–Crippen LogP) is 0.559. The Balaban J connectivity index is 2.83. The Labute approximate surface area is 54.2 Å². The Morgan fingerprint density at radius 3 is 2.78 bits per heavy atom. The molecule has 4 heteroatoms. The summed E-state index contributed by atoms with van der Waals surface area (Å²) in [6, 6.07) is 0. The fraction of sp³-hybridized carbons (Fsp3) is 0.800. The smallest absolute Gasteiger partial charge is 0.419 e. The van der Waals surface area contributed by atoms with Gasteiger partial charge in [0.05, 0.1) is 0 Å². The van der Waals surface area contributed by atoms with Gasteiger partial charge in [0.2, 0.25) is 0 Å². The maximum atomic E-state index is 9.79. The molecule has 4 nitrogen and oxygen atoms in total. The van der Waals surface area contributed by atoms with Crippen LogP contribution < -0.4 is 10.9 Å². The van der Waals surface area contributed by atoms with E-state index in [1.807, 2.05) is 12.3 Å². The van der Waals surface area contributed by atoms with E-state index in [9.17, 15) is 4.79 Å². The molecule has 0 atom stereocenters. The van der Waals surface area contributed by atoms with Gasteiger partial charge in [-0.1, -0.05) is 13.3 Å². The fourth-order valence-corrected chi connectivity index (χ4v) is 0.403. The van der Waals surface area contributed by atoms with Gasteiger partial charge in [-0.15, -0.1) is 0 Å². The highest BCUT2D eigenvalue weighted by atomic mass is 16.4. The van der Waals surface area contributed by atoms with Crippen LogP contribution in [0.25, 0.3) is 0 Å². The van der Waals surface area contributed by atoms with Crippen molar-refractivity contribution < 1.29 is 9.90 Å². The molecule has 0 saturated heterocycles. The summed E-state index contributed by atoms with van der Waals surface area (Å²) in [5.41, 5.74) is 4.58. The van der Waals surface area contributed by atoms with Crippen LogP contribution in [0.3, 0.4) is 0 Å². The first kappa shape index (κ1) is 8.23. The molecule has 0 saturated carbocycles. The fourth-order valence-electron chi connectivity index (χ4n) is 0.403. The third kappa shape index (κ3) is 7.23. The zero-order valence-electron chi connectivity index (χ0n) is 5.48. The topological polar surface area (TPSA) is 61.4 Å². The molecule has 1 amide bonds. The van der Waals surface area contributed by atoms with E-state index in [1.54, 1.807) is 0 Å². The second-order valence-corrected chi connectivity index (χ2v) is 1.71. The number of unbranched alkanes of at least 4 members (excludes halogenated alkanes) is 1. The van der Waals surface area contributed by atoms with Crippen molar-refractivity contribution in [3.8, 4) is 0 Å². The molecule has 0 unspecified atom stereocenters. The quantitative estimate of drug-likeness (QED) is 0.387. The lowest BCUT2D eigenvalue weighted by atomic mass is 10.3. The van der Waals surface area contributed by atoms with Gasteiger partial charge in [0.1, 0.15) is 0 Å². The zero-order chi connectivity index (χ0) is 7.11. The molecular weight excluding hydrogens is 120 g/mol. The maximum absolute atomic E-state index is 9.79. The summed E-state index contributed by atoms with van der Waals surface area (Å²) in [6.45, 7) is 2.74. The summed E-state index contributed by atoms with van der Waals surface area (Å²) in [6.07, 6.45) is 1.01. The highest BCUT2D eigenvalue weighted by Gasteiger charge is 1.88. The molecule has 0 aromatic heterocycles. The monoisotopic (exact) mass is 132 g/mol. The van der Waals surface area contributed by atoms with Crippen molar-refractivity contribution in [2.75, 3.05) is 6.54 Å². The first-order chi connectivity index (χ1) is 4.27. The number of nitrogens with one attached hydrogen (secondary N) is 2. The number of amides is 1. The van der Waals surface area contributed by atoms with E-state index in [-0.39, 0.29) is 0 Å². The van der Waals surface area contributed by atoms with E-state index in [0.29, 0.717) is 6.54 Å². The van der Waals surface area contributed by atoms with Crippen LogP contribution in [-0.4, -0.2) is 17.7 Å². The molecule has 0 heterocycles. The van der Waals surface area contributed by atoms with Gasteiger partial charge < -0.3 is 5.11 Å². The summed E-state index contributed by atoms with van der Waals surface area (Å²) in [5.74, 6) is 0. The lowest BCUT2D eigenvalue weighted by Crippen LogP contribution is -2.36. The standard InChI is InChI=1S/C5H12N2O2/c1-2-3-4-6-7-5(8)9/h6-7H,2-4H2,1H3,(H,8,9). The Hall–Kier alpha value is -0.770. The average molecular weight is 132 g/mol. The molecule has 0 aliphatic rings. The minimum atomic E-state index is -1.04. The first-order valence-electron chi connectivity index (χ1n) is 2.99. The van der Waals surface area contributed by atoms with Crippen molar-refractivity contribution in [3.63, 3.8) is 0 Å². The Bertz CT molecular complexity index is 85.0. The summed E-state index contributed by atoms with van der Waals surface area (Å²) in [7, 11) is 0. The molecule has 0 aromatic rings. The highest BCUT2D eigenvalue weighted by Crippen LogP contribution is 1.79. The number of carboxylic acid groups (broad SMARTS) is 1. The Morgan fingerprint density at radius 1 is 1.67 bits per heavy atom. The number of hydrogen-bond acceptors (Lipinski definition) is 2. The summed E-state index contributed by atoms with van der Waals surface area (Å²) >= 11 is 0. The number of carbonyl (C=O) groups is 1. The second kappa shape index (κ2) is 5.37. The Kier molecular flexibility index (Phi) is 4.91. The summed E-state index contributed by atoms with van der Waals surface area (Å²) in [5, 5.41) is 8.04. The van der Waals surface area contributed by atoms with E-state index in [4.69, 9.17) is 5.11 Å². The second-order valence-electron chi connectivity index (χ2n) is 1.71. The SMILES string of the molecule is CCCCNNC(=O)O. The first-order valence-corrected chi connectivity index (χ1v) is 2.99. The van der Waals surface area contributed by atoms with Gasteiger partial charge in [0, 0.05) is 6.54 Å². The van der Waals surface area contributed by atoms with E-state index in [0.717, 1.165) is 12.8 Å². The molecule has 0 aliphatic carbocycles. The van der Waals surface area contributed by atoms with Crippen molar-refractivity contribution in [1.82, 2.24) is 10.9 Å². The van der Waals surface area contributed by atoms with Crippen molar-refractivity contribution in [2.45, 2.75) is 19.8 Å². The molecule has 0 spiro atoms. The van der Waals surface area contributed by atoms with Gasteiger partial charge >= 0.3 is 6.09 Å². The van der Waals surface area contributed by atoms with Crippen LogP contribution in [0.2, 0.25) is 0 Å². The van der Waals surface area contributed by atoms with Crippen LogP contribution >= 0.6 is 0 Å². The molecule has 0 rings (SSSR count). The van der Waals surface area contributed by atoms with Gasteiger partial charge in [0.15, 0.2) is 0 Å². The van der Waals surface area contributed by atoms with Crippen LogP contribution in [0.1, 0.15) is 19.8 Å². The zero-order valence-corrected chi connectivity index (χ0v) is 5.48. The number of rotatable bonds is 4. The van der Waals surface area contributed by atoms with Gasteiger partial charge in [0.25, 0.3) is 0 Å². The van der Waals surface area contributed by atoms with Crippen molar-refractivity contribution >= 4 is 6.09 Å². The molecule has 0 fully saturated rings. The van der Waals surface area contributed by atoms with Crippen molar-refractivity contribution in [2.24, 2.45) is 0 Å². The number of hydrogen-bond donors (Lipinski definition) is 3. The normalized spacial score (nSPS) is 9.00. The van der Waals surface area contributed by atoms with E-state index in [2.05, 4.69) is 5.43 Å². The maximum Gasteiger partial charge on any atom is 0.419 e. The number of hydrazine groups is 1. The van der Waals surface area contributed by atoms with Crippen LogP contribution in [0.5, 0.6) is 0 Å². The van der Waals surface area contributed by atoms with Crippen molar-refractivity contribution in [3.05, 3.63) is 0 Å². The minimum absolute atomic E-state index is 0.697. The molecule has 54 valence electrons. The molecule has 0 aromatic carbocycles. The Morgan fingerprint density at radius 2 is 2.33 bits per heavy atom. The third-order valence-electron chi connectivity index (χ3n) is 0.851. The average Bonchev–Trinajstić information content (AvgIpc) is 1.80. The van der Waals surface area contributed by atoms with Gasteiger partial charge in [-0.2, -0.15) is 0 Å². The largest absolute Gasteiger partial charge is 0.464 e. The van der Waals surface area contributed by atoms with Gasteiger partial charge in [-0.05, 0) is 6.42 Å². The lowest BCUT2D eigenvalue weighted by Gasteiger charge is -2.00. The molecule has 0 aliphatic heterocycles. The van der Waals surface area contributed by atoms with Crippen LogP contribution in [0, 0.1) is 0 Å². The molecule has 0 bridgehead atoms. The lowest BCUT2D eigenvalue weighted by molar-refractivity contribution is 0.189.